The minimum absolute atomic E-state index is 0.0510. The Labute approximate surface area is 133 Å². The largest absolute Gasteiger partial charge is 0.477 e. The van der Waals surface area contributed by atoms with Crippen molar-refractivity contribution in [1.82, 2.24) is 4.98 Å². The maximum atomic E-state index is 11.0. The molecule has 0 atom stereocenters. The van der Waals surface area contributed by atoms with E-state index >= 15 is 0 Å². The number of hydrogen-bond acceptors (Lipinski definition) is 4. The minimum Gasteiger partial charge on any atom is -0.477 e. The topological polar surface area (TPSA) is 59.4 Å². The van der Waals surface area contributed by atoms with Crippen LogP contribution in [-0.2, 0) is 0 Å². The Balaban J connectivity index is 2.04. The molecule has 0 radical (unpaired) electrons. The number of aromatic carboxylic acids is 1. The van der Waals surface area contributed by atoms with Gasteiger partial charge in [0.2, 0.25) is 0 Å². The lowest BCUT2D eigenvalue weighted by Crippen LogP contribution is -1.91. The molecule has 0 unspecified atom stereocenters. The van der Waals surface area contributed by atoms with Crippen LogP contribution >= 0.6 is 34.5 Å². The fourth-order valence-electron chi connectivity index (χ4n) is 1.88. The van der Waals surface area contributed by atoms with E-state index in [-0.39, 0.29) is 15.2 Å². The lowest BCUT2D eigenvalue weighted by Gasteiger charge is -2.07. The summed E-state index contributed by atoms with van der Waals surface area (Å²) >= 11 is 12.8. The van der Waals surface area contributed by atoms with Gasteiger partial charge >= 0.3 is 5.97 Å². The van der Waals surface area contributed by atoms with Crippen LogP contribution in [0.4, 0.5) is 0 Å². The second-order valence-electron chi connectivity index (χ2n) is 4.10. The van der Waals surface area contributed by atoms with Gasteiger partial charge in [0.1, 0.15) is 5.75 Å². The van der Waals surface area contributed by atoms with Gasteiger partial charge in [-0.1, -0.05) is 58.8 Å². The first-order chi connectivity index (χ1) is 10.1. The molecule has 0 amide bonds. The summed E-state index contributed by atoms with van der Waals surface area (Å²) in [6, 6.07) is 10.9. The zero-order valence-electron chi connectivity index (χ0n) is 10.3. The monoisotopic (exact) mass is 339 g/mol. The Morgan fingerprint density at radius 2 is 1.86 bits per heavy atom. The fourth-order valence-corrected chi connectivity index (χ4v) is 3.09. The summed E-state index contributed by atoms with van der Waals surface area (Å²) in [5.41, 5.74) is 0. The zero-order chi connectivity index (χ0) is 15.0. The van der Waals surface area contributed by atoms with Gasteiger partial charge in [0.15, 0.2) is 10.0 Å². The SMILES string of the molecule is O=C(O)c1sc(Oc2ccc(Cl)c3ccccc23)nc1Cl. The third-order valence-electron chi connectivity index (χ3n) is 2.79. The lowest BCUT2D eigenvalue weighted by atomic mass is 10.1. The van der Waals surface area contributed by atoms with Crippen molar-refractivity contribution in [2.75, 3.05) is 0 Å². The normalized spacial score (nSPS) is 10.8. The highest BCUT2D eigenvalue weighted by Crippen LogP contribution is 2.37. The quantitative estimate of drug-likeness (QED) is 0.721. The molecule has 7 heteroatoms. The van der Waals surface area contributed by atoms with Crippen molar-refractivity contribution >= 4 is 51.3 Å². The number of nitrogens with zero attached hydrogens (tertiary/aromatic N) is 1. The van der Waals surface area contributed by atoms with Crippen molar-refractivity contribution < 1.29 is 14.6 Å². The van der Waals surface area contributed by atoms with Crippen LogP contribution in [0.2, 0.25) is 10.2 Å². The summed E-state index contributed by atoms with van der Waals surface area (Å²) in [7, 11) is 0. The molecule has 1 heterocycles. The first-order valence-electron chi connectivity index (χ1n) is 5.81. The number of rotatable bonds is 3. The Kier molecular flexibility index (Phi) is 3.71. The van der Waals surface area contributed by atoms with Crippen LogP contribution < -0.4 is 4.74 Å². The number of aromatic nitrogens is 1. The second kappa shape index (κ2) is 5.52. The highest BCUT2D eigenvalue weighted by Gasteiger charge is 2.17. The van der Waals surface area contributed by atoms with E-state index in [0.29, 0.717) is 10.8 Å². The molecular formula is C14H7Cl2NO3S. The number of halogens is 2. The van der Waals surface area contributed by atoms with Crippen LogP contribution in [0.1, 0.15) is 9.67 Å². The number of thiazole rings is 1. The molecule has 1 aromatic heterocycles. The van der Waals surface area contributed by atoms with Gasteiger partial charge in [-0.15, -0.1) is 0 Å². The molecular weight excluding hydrogens is 333 g/mol. The van der Waals surface area contributed by atoms with Crippen molar-refractivity contribution in [2.24, 2.45) is 0 Å². The highest BCUT2D eigenvalue weighted by molar-refractivity contribution is 7.15. The van der Waals surface area contributed by atoms with Crippen molar-refractivity contribution in [1.29, 1.82) is 0 Å². The van der Waals surface area contributed by atoms with Gasteiger partial charge in [-0.3, -0.25) is 0 Å². The van der Waals surface area contributed by atoms with Gasteiger partial charge in [0.05, 0.1) is 0 Å². The molecule has 21 heavy (non-hydrogen) atoms. The molecule has 0 bridgehead atoms. The first-order valence-corrected chi connectivity index (χ1v) is 7.38. The summed E-state index contributed by atoms with van der Waals surface area (Å²) in [5.74, 6) is -0.592. The lowest BCUT2D eigenvalue weighted by molar-refractivity contribution is 0.0702. The van der Waals surface area contributed by atoms with E-state index < -0.39 is 5.97 Å². The van der Waals surface area contributed by atoms with Crippen LogP contribution in [0.15, 0.2) is 36.4 Å². The van der Waals surface area contributed by atoms with E-state index in [2.05, 4.69) is 4.98 Å². The van der Waals surface area contributed by atoms with Crippen LogP contribution in [-0.4, -0.2) is 16.1 Å². The van der Waals surface area contributed by atoms with Crippen molar-refractivity contribution in [3.63, 3.8) is 0 Å². The fraction of sp³-hybridized carbons (Fsp3) is 0. The summed E-state index contributed by atoms with van der Waals surface area (Å²) < 4.78 is 5.66. The van der Waals surface area contributed by atoms with Gasteiger partial charge < -0.3 is 9.84 Å². The number of carboxylic acid groups (broad SMARTS) is 1. The Morgan fingerprint density at radius 3 is 2.52 bits per heavy atom. The first kappa shape index (κ1) is 14.1. The summed E-state index contributed by atoms with van der Waals surface area (Å²) in [6.07, 6.45) is 0. The number of hydrogen-bond donors (Lipinski definition) is 1. The number of carbonyl (C=O) groups is 1. The van der Waals surface area contributed by atoms with E-state index in [0.717, 1.165) is 22.1 Å². The van der Waals surface area contributed by atoms with Gasteiger partial charge in [0.25, 0.3) is 5.19 Å². The van der Waals surface area contributed by atoms with Crippen LogP contribution in [0.3, 0.4) is 0 Å². The van der Waals surface area contributed by atoms with E-state index in [1.165, 1.54) is 0 Å². The third kappa shape index (κ3) is 2.68. The van der Waals surface area contributed by atoms with Crippen LogP contribution in [0.5, 0.6) is 10.9 Å². The molecule has 0 saturated carbocycles. The van der Waals surface area contributed by atoms with Crippen LogP contribution in [0.25, 0.3) is 10.8 Å². The van der Waals surface area contributed by atoms with E-state index in [1.807, 2.05) is 24.3 Å². The van der Waals surface area contributed by atoms with E-state index in [9.17, 15) is 4.79 Å². The Hall–Kier alpha value is -1.82. The van der Waals surface area contributed by atoms with Gasteiger partial charge in [-0.05, 0) is 12.1 Å². The highest BCUT2D eigenvalue weighted by atomic mass is 35.5. The number of benzene rings is 2. The molecule has 106 valence electrons. The van der Waals surface area contributed by atoms with Crippen molar-refractivity contribution in [3.8, 4) is 10.9 Å². The molecule has 0 saturated heterocycles. The summed E-state index contributed by atoms with van der Waals surface area (Å²) in [4.78, 5) is 14.8. The van der Waals surface area contributed by atoms with Gasteiger partial charge in [-0.25, -0.2) is 4.79 Å². The minimum atomic E-state index is -1.13. The van der Waals surface area contributed by atoms with Crippen molar-refractivity contribution in [2.45, 2.75) is 0 Å². The molecule has 2 aromatic carbocycles. The van der Waals surface area contributed by atoms with Crippen molar-refractivity contribution in [3.05, 3.63) is 51.5 Å². The molecule has 4 nitrogen and oxygen atoms in total. The molecule has 0 fully saturated rings. The molecule has 3 rings (SSSR count). The average molecular weight is 340 g/mol. The summed E-state index contributed by atoms with van der Waals surface area (Å²) in [5, 5.41) is 11.3. The maximum Gasteiger partial charge on any atom is 0.349 e. The van der Waals surface area contributed by atoms with E-state index in [1.54, 1.807) is 12.1 Å². The molecule has 0 spiro atoms. The predicted molar refractivity (Wildman–Crippen MR) is 83.1 cm³/mol. The number of carboxylic acids is 1. The predicted octanol–water partition coefficient (Wildman–Crippen LogP) is 5.09. The molecule has 0 aliphatic heterocycles. The Bertz CT molecular complexity index is 847. The molecule has 3 aromatic rings. The summed E-state index contributed by atoms with van der Waals surface area (Å²) in [6.45, 7) is 0. The van der Waals surface area contributed by atoms with Gasteiger partial charge in [0, 0.05) is 15.8 Å². The Morgan fingerprint density at radius 1 is 1.14 bits per heavy atom. The standard InChI is InChI=1S/C14H7Cl2NO3S/c15-9-5-6-10(8-4-2-1-3-7(8)9)20-14-17-12(16)11(21-14)13(18)19/h1-6H,(H,18,19). The average Bonchev–Trinajstić information content (AvgIpc) is 2.83. The zero-order valence-corrected chi connectivity index (χ0v) is 12.7. The number of ether oxygens (including phenoxy) is 1. The number of fused-ring (bicyclic) bond motifs is 1. The van der Waals surface area contributed by atoms with Crippen LogP contribution in [0, 0.1) is 0 Å². The molecule has 0 aliphatic carbocycles. The van der Waals surface area contributed by atoms with E-state index in [4.69, 9.17) is 33.0 Å². The van der Waals surface area contributed by atoms with Gasteiger partial charge in [-0.2, -0.15) is 4.98 Å². The maximum absolute atomic E-state index is 11.0. The molecule has 0 aliphatic rings. The molecule has 1 N–H and O–H groups in total. The second-order valence-corrected chi connectivity index (χ2v) is 5.82. The smallest absolute Gasteiger partial charge is 0.349 e. The third-order valence-corrected chi connectivity index (χ3v) is 4.43.